The minimum Gasteiger partial charge on any atom is -0.310 e. The molecule has 1 aromatic heterocycles. The maximum Gasteiger partial charge on any atom is 0.0414 e. The van der Waals surface area contributed by atoms with Crippen LogP contribution in [0.15, 0.2) is 30.3 Å². The van der Waals surface area contributed by atoms with Crippen molar-refractivity contribution in [3.63, 3.8) is 0 Å². The van der Waals surface area contributed by atoms with Crippen LogP contribution in [-0.2, 0) is 0 Å². The van der Waals surface area contributed by atoms with Gasteiger partial charge in [0, 0.05) is 20.8 Å². The van der Waals surface area contributed by atoms with Crippen molar-refractivity contribution in [3.05, 3.63) is 45.8 Å². The summed E-state index contributed by atoms with van der Waals surface area (Å²) in [5.41, 5.74) is 2.53. The van der Waals surface area contributed by atoms with Gasteiger partial charge in [0.25, 0.3) is 0 Å². The topological polar surface area (TPSA) is 12.0 Å². The molecule has 1 nitrogen and oxygen atoms in total. The van der Waals surface area contributed by atoms with Gasteiger partial charge >= 0.3 is 0 Å². The van der Waals surface area contributed by atoms with E-state index in [2.05, 4.69) is 44.3 Å². The normalized spacial score (nSPS) is 12.6. The molecule has 0 radical (unpaired) electrons. The summed E-state index contributed by atoms with van der Waals surface area (Å²) in [6.45, 7) is 7.54. The molecular formula is C17H22ClNS. The highest BCUT2D eigenvalue weighted by Gasteiger charge is 2.13. The first-order valence-electron chi connectivity index (χ1n) is 7.25. The molecule has 20 heavy (non-hydrogen) atoms. The van der Waals surface area contributed by atoms with Crippen LogP contribution in [-0.4, -0.2) is 6.54 Å². The zero-order valence-electron chi connectivity index (χ0n) is 12.4. The molecule has 108 valence electrons. The van der Waals surface area contributed by atoms with E-state index >= 15 is 0 Å². The number of halogens is 1. The van der Waals surface area contributed by atoms with Crippen LogP contribution in [0.3, 0.4) is 0 Å². The van der Waals surface area contributed by atoms with Crippen LogP contribution < -0.4 is 5.32 Å². The summed E-state index contributed by atoms with van der Waals surface area (Å²) in [7, 11) is 0. The second kappa shape index (κ2) is 7.26. The molecule has 0 fully saturated rings. The van der Waals surface area contributed by atoms with E-state index in [0.717, 1.165) is 11.6 Å². The van der Waals surface area contributed by atoms with E-state index in [9.17, 15) is 0 Å². The summed E-state index contributed by atoms with van der Waals surface area (Å²) in [5, 5.41) is 4.38. The minimum absolute atomic E-state index is 0.483. The first-order chi connectivity index (χ1) is 9.65. The van der Waals surface area contributed by atoms with Crippen molar-refractivity contribution in [2.75, 3.05) is 6.54 Å². The molecule has 0 aliphatic heterocycles. The van der Waals surface area contributed by atoms with Gasteiger partial charge in [-0.05, 0) is 55.3 Å². The Morgan fingerprint density at radius 2 is 2.00 bits per heavy atom. The number of rotatable bonds is 6. The standard InChI is InChI=1S/C17H22ClNS/c1-4-6-15(19-5-2)17-10-9-16(20-17)14-8-7-13(18)11-12(14)3/h7-11,15,19H,4-6H2,1-3H3. The van der Waals surface area contributed by atoms with Gasteiger partial charge in [-0.3, -0.25) is 0 Å². The molecule has 2 aromatic rings. The van der Waals surface area contributed by atoms with Gasteiger partial charge in [-0.1, -0.05) is 37.9 Å². The van der Waals surface area contributed by atoms with Crippen molar-refractivity contribution in [3.8, 4) is 10.4 Å². The van der Waals surface area contributed by atoms with E-state index in [-0.39, 0.29) is 0 Å². The molecule has 1 atom stereocenters. The molecule has 0 saturated heterocycles. The maximum absolute atomic E-state index is 6.04. The van der Waals surface area contributed by atoms with Crippen LogP contribution in [0, 0.1) is 6.92 Å². The van der Waals surface area contributed by atoms with Crippen LogP contribution in [0.2, 0.25) is 5.02 Å². The number of aryl methyl sites for hydroxylation is 1. The smallest absolute Gasteiger partial charge is 0.0414 e. The van der Waals surface area contributed by atoms with Gasteiger partial charge in [-0.15, -0.1) is 11.3 Å². The molecule has 0 spiro atoms. The number of thiophene rings is 1. The van der Waals surface area contributed by atoms with Crippen LogP contribution in [0.4, 0.5) is 0 Å². The van der Waals surface area contributed by atoms with Crippen LogP contribution in [0.1, 0.15) is 43.2 Å². The van der Waals surface area contributed by atoms with Gasteiger partial charge < -0.3 is 5.32 Å². The second-order valence-electron chi connectivity index (χ2n) is 5.06. The largest absolute Gasteiger partial charge is 0.310 e. The van der Waals surface area contributed by atoms with Crippen molar-refractivity contribution in [2.24, 2.45) is 0 Å². The fraction of sp³-hybridized carbons (Fsp3) is 0.412. The summed E-state index contributed by atoms with van der Waals surface area (Å²) in [4.78, 5) is 2.76. The lowest BCUT2D eigenvalue weighted by molar-refractivity contribution is 0.516. The molecular weight excluding hydrogens is 286 g/mol. The van der Waals surface area contributed by atoms with Crippen molar-refractivity contribution >= 4 is 22.9 Å². The Kier molecular flexibility index (Phi) is 5.64. The predicted octanol–water partition coefficient (Wildman–Crippen LogP) is 5.83. The van der Waals surface area contributed by atoms with Crippen molar-refractivity contribution in [1.29, 1.82) is 0 Å². The first kappa shape index (κ1) is 15.6. The second-order valence-corrected chi connectivity index (χ2v) is 6.61. The average molecular weight is 308 g/mol. The summed E-state index contributed by atoms with van der Waals surface area (Å²) in [6, 6.07) is 11.1. The Balaban J connectivity index is 2.27. The predicted molar refractivity (Wildman–Crippen MR) is 90.8 cm³/mol. The number of hydrogen-bond acceptors (Lipinski definition) is 2. The summed E-state index contributed by atoms with van der Waals surface area (Å²) < 4.78 is 0. The first-order valence-corrected chi connectivity index (χ1v) is 8.44. The van der Waals surface area contributed by atoms with E-state index in [1.54, 1.807) is 0 Å². The fourth-order valence-corrected chi connectivity index (χ4v) is 3.90. The Labute approximate surface area is 131 Å². The Morgan fingerprint density at radius 3 is 2.65 bits per heavy atom. The zero-order chi connectivity index (χ0) is 14.5. The maximum atomic E-state index is 6.04. The third-order valence-electron chi connectivity index (χ3n) is 3.45. The third-order valence-corrected chi connectivity index (χ3v) is 4.92. The van der Waals surface area contributed by atoms with Gasteiger partial charge in [0.05, 0.1) is 0 Å². The lowest BCUT2D eigenvalue weighted by Gasteiger charge is -2.15. The molecule has 0 saturated carbocycles. The van der Waals surface area contributed by atoms with Crippen LogP contribution in [0.25, 0.3) is 10.4 Å². The van der Waals surface area contributed by atoms with Gasteiger partial charge in [0.15, 0.2) is 0 Å². The molecule has 1 N–H and O–H groups in total. The average Bonchev–Trinajstić information content (AvgIpc) is 2.88. The molecule has 3 heteroatoms. The third kappa shape index (κ3) is 3.63. The number of benzene rings is 1. The molecule has 1 unspecified atom stereocenters. The molecule has 0 aliphatic rings. The summed E-state index contributed by atoms with van der Waals surface area (Å²) >= 11 is 7.92. The molecule has 0 bridgehead atoms. The van der Waals surface area contributed by atoms with Gasteiger partial charge in [-0.2, -0.15) is 0 Å². The highest BCUT2D eigenvalue weighted by Crippen LogP contribution is 2.35. The van der Waals surface area contributed by atoms with E-state index in [0.29, 0.717) is 6.04 Å². The summed E-state index contributed by atoms with van der Waals surface area (Å²) in [6.07, 6.45) is 2.39. The number of hydrogen-bond donors (Lipinski definition) is 1. The Hall–Kier alpha value is -0.830. The molecule has 2 rings (SSSR count). The fourth-order valence-electron chi connectivity index (χ4n) is 2.47. The molecule has 0 amide bonds. The molecule has 1 heterocycles. The highest BCUT2D eigenvalue weighted by atomic mass is 35.5. The van der Waals surface area contributed by atoms with Crippen molar-refractivity contribution in [1.82, 2.24) is 5.32 Å². The zero-order valence-corrected chi connectivity index (χ0v) is 13.9. The quantitative estimate of drug-likeness (QED) is 0.708. The lowest BCUT2D eigenvalue weighted by atomic mass is 10.1. The minimum atomic E-state index is 0.483. The van der Waals surface area contributed by atoms with Crippen LogP contribution in [0.5, 0.6) is 0 Å². The van der Waals surface area contributed by atoms with Crippen LogP contribution >= 0.6 is 22.9 Å². The van der Waals surface area contributed by atoms with Gasteiger partial charge in [-0.25, -0.2) is 0 Å². The molecule has 1 aromatic carbocycles. The van der Waals surface area contributed by atoms with Gasteiger partial charge in [0.2, 0.25) is 0 Å². The van der Waals surface area contributed by atoms with E-state index in [1.165, 1.54) is 33.7 Å². The Morgan fingerprint density at radius 1 is 1.20 bits per heavy atom. The monoisotopic (exact) mass is 307 g/mol. The SMILES string of the molecule is CCCC(NCC)c1ccc(-c2ccc(Cl)cc2C)s1. The number of nitrogens with one attached hydrogen (secondary N) is 1. The highest BCUT2D eigenvalue weighted by molar-refractivity contribution is 7.15. The Bertz CT molecular complexity index is 556. The summed E-state index contributed by atoms with van der Waals surface area (Å²) in [5.74, 6) is 0. The van der Waals surface area contributed by atoms with E-state index < -0.39 is 0 Å². The van der Waals surface area contributed by atoms with Crippen molar-refractivity contribution < 1.29 is 0 Å². The van der Waals surface area contributed by atoms with E-state index in [4.69, 9.17) is 11.6 Å². The van der Waals surface area contributed by atoms with Gasteiger partial charge in [0.1, 0.15) is 0 Å². The van der Waals surface area contributed by atoms with Crippen molar-refractivity contribution in [2.45, 2.75) is 39.7 Å². The molecule has 0 aliphatic carbocycles. The lowest BCUT2D eigenvalue weighted by Crippen LogP contribution is -2.19. The van der Waals surface area contributed by atoms with E-state index in [1.807, 2.05) is 23.5 Å².